The first-order valence-corrected chi connectivity index (χ1v) is 8.43. The quantitative estimate of drug-likeness (QED) is 0.798. The molecule has 1 amide bonds. The normalized spacial score (nSPS) is 16.6. The van der Waals surface area contributed by atoms with Gasteiger partial charge in [-0.1, -0.05) is 13.0 Å². The zero-order valence-electron chi connectivity index (χ0n) is 14.3. The third-order valence-electron chi connectivity index (χ3n) is 4.71. The molecule has 128 valence electrons. The highest BCUT2D eigenvalue weighted by molar-refractivity contribution is 5.85. The number of rotatable bonds is 3. The molecule has 0 bridgehead atoms. The van der Waals surface area contributed by atoms with Crippen molar-refractivity contribution in [2.24, 2.45) is 7.05 Å². The standard InChI is InChI=1S/C19H20N4O2/c1-3-19(24)22-17-11-25-10-16-14(8-20-9-15(16)17)12-4-5-18-13(6-12)7-21-23(18)2/h4-9,17H,3,10-11H2,1-2H3,(H,22,24). The molecule has 1 aliphatic rings. The SMILES string of the molecule is CCC(=O)NC1COCc2c(-c3ccc4c(cnn4C)c3)cncc21. The Bertz CT molecular complexity index is 948. The summed E-state index contributed by atoms with van der Waals surface area (Å²) in [4.78, 5) is 16.2. The monoisotopic (exact) mass is 336 g/mol. The highest BCUT2D eigenvalue weighted by atomic mass is 16.5. The molecule has 6 heteroatoms. The summed E-state index contributed by atoms with van der Waals surface area (Å²) in [5, 5.41) is 8.41. The lowest BCUT2D eigenvalue weighted by Crippen LogP contribution is -2.34. The lowest BCUT2D eigenvalue weighted by molar-refractivity contribution is -0.122. The van der Waals surface area contributed by atoms with Crippen molar-refractivity contribution in [1.82, 2.24) is 20.1 Å². The van der Waals surface area contributed by atoms with Crippen LogP contribution < -0.4 is 5.32 Å². The van der Waals surface area contributed by atoms with E-state index in [9.17, 15) is 4.79 Å². The van der Waals surface area contributed by atoms with Gasteiger partial charge in [0.15, 0.2) is 0 Å². The Hall–Kier alpha value is -2.73. The van der Waals surface area contributed by atoms with Crippen molar-refractivity contribution in [2.75, 3.05) is 6.61 Å². The smallest absolute Gasteiger partial charge is 0.220 e. The van der Waals surface area contributed by atoms with Crippen molar-refractivity contribution in [3.05, 3.63) is 47.9 Å². The van der Waals surface area contributed by atoms with Crippen LogP contribution in [0.4, 0.5) is 0 Å². The molecule has 1 aromatic carbocycles. The molecular formula is C19H20N4O2. The van der Waals surface area contributed by atoms with Gasteiger partial charge in [0.25, 0.3) is 0 Å². The van der Waals surface area contributed by atoms with Gasteiger partial charge in [0, 0.05) is 42.4 Å². The average molecular weight is 336 g/mol. The van der Waals surface area contributed by atoms with E-state index in [4.69, 9.17) is 4.74 Å². The number of hydrogen-bond acceptors (Lipinski definition) is 4. The second kappa shape index (κ2) is 6.29. The molecule has 1 aliphatic heterocycles. The number of fused-ring (bicyclic) bond motifs is 2. The van der Waals surface area contributed by atoms with Gasteiger partial charge in [-0.15, -0.1) is 0 Å². The largest absolute Gasteiger partial charge is 0.374 e. The maximum atomic E-state index is 11.8. The van der Waals surface area contributed by atoms with Crippen LogP contribution in [0.15, 0.2) is 36.8 Å². The minimum atomic E-state index is -0.147. The average Bonchev–Trinajstić information content (AvgIpc) is 3.02. The fourth-order valence-electron chi connectivity index (χ4n) is 3.33. The third kappa shape index (κ3) is 2.78. The number of aryl methyl sites for hydroxylation is 1. The number of carbonyl (C=O) groups excluding carboxylic acids is 1. The Morgan fingerprint density at radius 1 is 1.36 bits per heavy atom. The molecule has 0 fully saturated rings. The van der Waals surface area contributed by atoms with Gasteiger partial charge in [-0.2, -0.15) is 5.10 Å². The molecule has 1 atom stereocenters. The topological polar surface area (TPSA) is 69.0 Å². The summed E-state index contributed by atoms with van der Waals surface area (Å²) >= 11 is 0. The second-order valence-corrected chi connectivity index (χ2v) is 6.29. The summed E-state index contributed by atoms with van der Waals surface area (Å²) in [6.07, 6.45) is 6.02. The molecular weight excluding hydrogens is 316 g/mol. The van der Waals surface area contributed by atoms with Crippen LogP contribution in [0.3, 0.4) is 0 Å². The van der Waals surface area contributed by atoms with Gasteiger partial charge in [0.2, 0.25) is 5.91 Å². The summed E-state index contributed by atoms with van der Waals surface area (Å²) in [5.41, 5.74) is 5.34. The number of carbonyl (C=O) groups is 1. The number of nitrogens with one attached hydrogen (secondary N) is 1. The summed E-state index contributed by atoms with van der Waals surface area (Å²) in [5.74, 6) is 0.0173. The van der Waals surface area contributed by atoms with Crippen molar-refractivity contribution in [1.29, 1.82) is 0 Å². The molecule has 4 rings (SSSR count). The molecule has 6 nitrogen and oxygen atoms in total. The Labute approximate surface area is 145 Å². The minimum absolute atomic E-state index is 0.0173. The van der Waals surface area contributed by atoms with Crippen molar-refractivity contribution < 1.29 is 9.53 Å². The van der Waals surface area contributed by atoms with Crippen LogP contribution >= 0.6 is 0 Å². The van der Waals surface area contributed by atoms with E-state index in [-0.39, 0.29) is 11.9 Å². The summed E-state index contributed by atoms with van der Waals surface area (Å²) in [6.45, 7) is 2.85. The Kier molecular flexibility index (Phi) is 3.97. The summed E-state index contributed by atoms with van der Waals surface area (Å²) in [6, 6.07) is 6.12. The number of nitrogens with zero attached hydrogens (tertiary/aromatic N) is 3. The molecule has 2 aromatic heterocycles. The van der Waals surface area contributed by atoms with Crippen molar-refractivity contribution in [3.8, 4) is 11.1 Å². The molecule has 25 heavy (non-hydrogen) atoms. The van der Waals surface area contributed by atoms with Gasteiger partial charge in [-0.25, -0.2) is 0 Å². The van der Waals surface area contributed by atoms with Gasteiger partial charge in [-0.3, -0.25) is 14.5 Å². The van der Waals surface area contributed by atoms with E-state index in [0.717, 1.165) is 33.2 Å². The number of amides is 1. The third-order valence-corrected chi connectivity index (χ3v) is 4.71. The zero-order valence-corrected chi connectivity index (χ0v) is 14.3. The predicted octanol–water partition coefficient (Wildman–Crippen LogP) is 2.73. The van der Waals surface area contributed by atoms with E-state index in [1.807, 2.05) is 37.2 Å². The van der Waals surface area contributed by atoms with Crippen molar-refractivity contribution in [2.45, 2.75) is 26.0 Å². The Balaban J connectivity index is 1.77. The lowest BCUT2D eigenvalue weighted by atomic mass is 9.93. The molecule has 0 radical (unpaired) electrons. The van der Waals surface area contributed by atoms with Crippen LogP contribution in [0.1, 0.15) is 30.5 Å². The van der Waals surface area contributed by atoms with Crippen LogP contribution in [0, 0.1) is 0 Å². The molecule has 0 aliphatic carbocycles. The van der Waals surface area contributed by atoms with E-state index in [1.54, 1.807) is 0 Å². The molecule has 0 spiro atoms. The van der Waals surface area contributed by atoms with Gasteiger partial charge in [0.1, 0.15) is 0 Å². The molecule has 3 aromatic rings. The Morgan fingerprint density at radius 3 is 3.08 bits per heavy atom. The van der Waals surface area contributed by atoms with E-state index in [2.05, 4.69) is 33.6 Å². The van der Waals surface area contributed by atoms with Gasteiger partial charge >= 0.3 is 0 Å². The van der Waals surface area contributed by atoms with Crippen LogP contribution in [0.25, 0.3) is 22.0 Å². The summed E-state index contributed by atoms with van der Waals surface area (Å²) in [7, 11) is 1.93. The Morgan fingerprint density at radius 2 is 2.24 bits per heavy atom. The highest BCUT2D eigenvalue weighted by Gasteiger charge is 2.25. The maximum Gasteiger partial charge on any atom is 0.220 e. The van der Waals surface area contributed by atoms with Crippen LogP contribution in [-0.4, -0.2) is 27.3 Å². The number of hydrogen-bond donors (Lipinski definition) is 1. The predicted molar refractivity (Wildman–Crippen MR) is 94.8 cm³/mol. The number of pyridine rings is 1. The van der Waals surface area contributed by atoms with Crippen molar-refractivity contribution >= 4 is 16.8 Å². The number of ether oxygens (including phenoxy) is 1. The van der Waals surface area contributed by atoms with Crippen LogP contribution in [0.2, 0.25) is 0 Å². The minimum Gasteiger partial charge on any atom is -0.374 e. The first-order chi connectivity index (χ1) is 12.2. The maximum absolute atomic E-state index is 11.8. The first-order valence-electron chi connectivity index (χ1n) is 8.43. The summed E-state index contributed by atoms with van der Waals surface area (Å²) < 4.78 is 7.61. The van der Waals surface area contributed by atoms with Crippen LogP contribution in [0.5, 0.6) is 0 Å². The first kappa shape index (κ1) is 15.8. The van der Waals surface area contributed by atoms with E-state index in [1.165, 1.54) is 0 Å². The van der Waals surface area contributed by atoms with Gasteiger partial charge < -0.3 is 10.1 Å². The highest BCUT2D eigenvalue weighted by Crippen LogP contribution is 2.33. The number of aromatic nitrogens is 3. The van der Waals surface area contributed by atoms with E-state index in [0.29, 0.717) is 19.6 Å². The molecule has 3 heterocycles. The molecule has 1 unspecified atom stereocenters. The van der Waals surface area contributed by atoms with Gasteiger partial charge in [-0.05, 0) is 23.3 Å². The van der Waals surface area contributed by atoms with Crippen LogP contribution in [-0.2, 0) is 23.2 Å². The van der Waals surface area contributed by atoms with Gasteiger partial charge in [0.05, 0.1) is 31.0 Å². The molecule has 0 saturated heterocycles. The fraction of sp³-hybridized carbons (Fsp3) is 0.316. The molecule has 0 saturated carbocycles. The zero-order chi connectivity index (χ0) is 17.4. The second-order valence-electron chi connectivity index (χ2n) is 6.29. The van der Waals surface area contributed by atoms with E-state index < -0.39 is 0 Å². The lowest BCUT2D eigenvalue weighted by Gasteiger charge is -2.27. The fourth-order valence-corrected chi connectivity index (χ4v) is 3.33. The van der Waals surface area contributed by atoms with E-state index >= 15 is 0 Å². The molecule has 1 N–H and O–H groups in total. The van der Waals surface area contributed by atoms with Crippen molar-refractivity contribution in [3.63, 3.8) is 0 Å². The number of benzene rings is 1.